The largest absolute Gasteiger partial charge is 0.434 e. The van der Waals surface area contributed by atoms with Gasteiger partial charge in [-0.15, -0.1) is 35.3 Å². The van der Waals surface area contributed by atoms with E-state index in [2.05, 4.69) is 53.2 Å². The number of thiazole rings is 1. The van der Waals surface area contributed by atoms with Crippen molar-refractivity contribution in [2.45, 2.75) is 52.9 Å². The predicted octanol–water partition coefficient (Wildman–Crippen LogP) is 4.20. The predicted molar refractivity (Wildman–Crippen MR) is 117 cm³/mol. The lowest BCUT2D eigenvalue weighted by atomic mass is 10.0. The Bertz CT molecular complexity index is 559. The van der Waals surface area contributed by atoms with Gasteiger partial charge in [-0.3, -0.25) is 9.89 Å². The number of halogens is 4. The SMILES string of the molecule is CCN(CC)C(CNC(=NC)NCc1nc(C(F)(F)F)cs1)CC(C)C.I. The van der Waals surface area contributed by atoms with E-state index in [-0.39, 0.29) is 30.5 Å². The number of aromatic nitrogens is 1. The van der Waals surface area contributed by atoms with Gasteiger partial charge in [-0.2, -0.15) is 13.2 Å². The zero-order chi connectivity index (χ0) is 19.7. The van der Waals surface area contributed by atoms with Gasteiger partial charge in [-0.1, -0.05) is 27.7 Å². The van der Waals surface area contributed by atoms with Crippen molar-refractivity contribution in [3.63, 3.8) is 0 Å². The van der Waals surface area contributed by atoms with E-state index in [9.17, 15) is 13.2 Å². The number of alkyl halides is 3. The van der Waals surface area contributed by atoms with Gasteiger partial charge in [0.2, 0.25) is 0 Å². The van der Waals surface area contributed by atoms with Crippen LogP contribution in [0.5, 0.6) is 0 Å². The van der Waals surface area contributed by atoms with Crippen LogP contribution in [-0.4, -0.2) is 48.6 Å². The highest BCUT2D eigenvalue weighted by atomic mass is 127. The van der Waals surface area contributed by atoms with Gasteiger partial charge >= 0.3 is 6.18 Å². The number of rotatable bonds is 9. The number of nitrogens with one attached hydrogen (secondary N) is 2. The molecule has 10 heteroatoms. The van der Waals surface area contributed by atoms with Gasteiger partial charge < -0.3 is 10.6 Å². The molecule has 2 N–H and O–H groups in total. The molecule has 1 aromatic rings. The van der Waals surface area contributed by atoms with E-state index in [1.807, 2.05) is 0 Å². The second kappa shape index (κ2) is 12.8. The first kappa shape index (κ1) is 26.4. The van der Waals surface area contributed by atoms with Crippen molar-refractivity contribution in [2.75, 3.05) is 26.7 Å². The third kappa shape index (κ3) is 9.42. The summed E-state index contributed by atoms with van der Waals surface area (Å²) in [4.78, 5) is 10.2. The van der Waals surface area contributed by atoms with Crippen molar-refractivity contribution in [1.29, 1.82) is 0 Å². The van der Waals surface area contributed by atoms with Crippen LogP contribution in [0.1, 0.15) is 44.8 Å². The Morgan fingerprint density at radius 2 is 1.89 bits per heavy atom. The Labute approximate surface area is 181 Å². The molecule has 0 spiro atoms. The molecule has 1 unspecified atom stereocenters. The van der Waals surface area contributed by atoms with Crippen molar-refractivity contribution >= 4 is 41.3 Å². The molecule has 158 valence electrons. The zero-order valence-electron chi connectivity index (χ0n) is 16.6. The lowest BCUT2D eigenvalue weighted by Crippen LogP contribution is -2.47. The summed E-state index contributed by atoms with van der Waals surface area (Å²) >= 11 is 0.989. The van der Waals surface area contributed by atoms with Crippen LogP contribution >= 0.6 is 35.3 Å². The topological polar surface area (TPSA) is 52.5 Å². The molecule has 1 rings (SSSR count). The van der Waals surface area contributed by atoms with E-state index in [0.717, 1.165) is 42.8 Å². The maximum atomic E-state index is 12.6. The van der Waals surface area contributed by atoms with Crippen LogP contribution in [0.2, 0.25) is 0 Å². The molecular weight excluding hydrogens is 490 g/mol. The van der Waals surface area contributed by atoms with Gasteiger partial charge in [0.05, 0.1) is 6.54 Å². The molecular formula is C17H31F3IN5S. The molecule has 1 heterocycles. The molecule has 5 nitrogen and oxygen atoms in total. The highest BCUT2D eigenvalue weighted by molar-refractivity contribution is 14.0. The third-order valence-electron chi connectivity index (χ3n) is 4.05. The molecule has 1 aromatic heterocycles. The molecule has 1 atom stereocenters. The molecule has 0 amide bonds. The zero-order valence-corrected chi connectivity index (χ0v) is 19.7. The molecule has 0 aliphatic rings. The van der Waals surface area contributed by atoms with E-state index < -0.39 is 11.9 Å². The monoisotopic (exact) mass is 521 g/mol. The summed E-state index contributed by atoms with van der Waals surface area (Å²) in [7, 11) is 1.65. The summed E-state index contributed by atoms with van der Waals surface area (Å²) < 4.78 is 37.8. The number of hydrogen-bond acceptors (Lipinski definition) is 4. The minimum atomic E-state index is -4.40. The summed E-state index contributed by atoms with van der Waals surface area (Å²) in [5.41, 5.74) is -0.847. The van der Waals surface area contributed by atoms with Gasteiger partial charge in [0.15, 0.2) is 11.7 Å². The van der Waals surface area contributed by atoms with E-state index in [4.69, 9.17) is 0 Å². The van der Waals surface area contributed by atoms with E-state index in [1.54, 1.807) is 7.05 Å². The standard InChI is InChI=1S/C17H30F3N5S.HI/c1-6-25(7-2)13(8-12(3)4)9-22-16(21-5)23-10-15-24-14(11-26-15)17(18,19)20;/h11-13H,6-10H2,1-5H3,(H2,21,22,23);1H. The average Bonchev–Trinajstić information content (AvgIpc) is 3.04. The lowest BCUT2D eigenvalue weighted by Gasteiger charge is -2.31. The lowest BCUT2D eigenvalue weighted by molar-refractivity contribution is -0.140. The van der Waals surface area contributed by atoms with Crippen molar-refractivity contribution in [2.24, 2.45) is 10.9 Å². The smallest absolute Gasteiger partial charge is 0.355 e. The second-order valence-corrected chi connectivity index (χ2v) is 7.38. The Morgan fingerprint density at radius 1 is 1.26 bits per heavy atom. The molecule has 0 fully saturated rings. The fourth-order valence-electron chi connectivity index (χ4n) is 2.76. The first-order valence-corrected chi connectivity index (χ1v) is 9.79. The fourth-order valence-corrected chi connectivity index (χ4v) is 3.50. The van der Waals surface area contributed by atoms with Gasteiger partial charge in [-0.25, -0.2) is 4.98 Å². The highest BCUT2D eigenvalue weighted by Gasteiger charge is 2.33. The van der Waals surface area contributed by atoms with Crippen LogP contribution in [0.25, 0.3) is 0 Å². The van der Waals surface area contributed by atoms with Gasteiger partial charge in [-0.05, 0) is 25.4 Å². The summed E-state index contributed by atoms with van der Waals surface area (Å²) in [6.45, 7) is 11.6. The van der Waals surface area contributed by atoms with Gasteiger partial charge in [0, 0.05) is 25.0 Å². The second-order valence-electron chi connectivity index (χ2n) is 6.44. The van der Waals surface area contributed by atoms with Gasteiger partial charge in [0.1, 0.15) is 5.01 Å². The first-order chi connectivity index (χ1) is 12.2. The third-order valence-corrected chi connectivity index (χ3v) is 4.90. The minimum Gasteiger partial charge on any atom is -0.355 e. The number of hydrogen-bond donors (Lipinski definition) is 2. The molecule has 0 aliphatic heterocycles. The van der Waals surface area contributed by atoms with E-state index in [0.29, 0.717) is 22.9 Å². The van der Waals surface area contributed by atoms with Crippen molar-refractivity contribution in [3.8, 4) is 0 Å². The molecule has 0 aliphatic carbocycles. The van der Waals surface area contributed by atoms with Gasteiger partial charge in [0.25, 0.3) is 0 Å². The van der Waals surface area contributed by atoms with E-state index >= 15 is 0 Å². The summed E-state index contributed by atoms with van der Waals surface area (Å²) in [6.07, 6.45) is -3.34. The summed E-state index contributed by atoms with van der Waals surface area (Å²) in [5, 5.41) is 7.73. The Morgan fingerprint density at radius 3 is 2.33 bits per heavy atom. The molecule has 0 bridgehead atoms. The molecule has 0 saturated heterocycles. The maximum Gasteiger partial charge on any atom is 0.434 e. The first-order valence-electron chi connectivity index (χ1n) is 8.91. The molecule has 0 saturated carbocycles. The Balaban J connectivity index is 0.00000676. The summed E-state index contributed by atoms with van der Waals surface area (Å²) in [6, 6.07) is 0.375. The van der Waals surface area contributed by atoms with Crippen LogP contribution in [0.4, 0.5) is 13.2 Å². The van der Waals surface area contributed by atoms with Crippen molar-refractivity contribution in [3.05, 3.63) is 16.1 Å². The van der Waals surface area contributed by atoms with Crippen LogP contribution in [0, 0.1) is 5.92 Å². The van der Waals surface area contributed by atoms with E-state index in [1.165, 1.54) is 0 Å². The normalized spacial score (nSPS) is 13.6. The molecule has 27 heavy (non-hydrogen) atoms. The minimum absolute atomic E-state index is 0. The number of likely N-dealkylation sites (N-methyl/N-ethyl adjacent to an activating group) is 1. The molecule has 0 aromatic carbocycles. The van der Waals surface area contributed by atoms with Crippen LogP contribution in [0.3, 0.4) is 0 Å². The van der Waals surface area contributed by atoms with Crippen molar-refractivity contribution < 1.29 is 13.2 Å². The Kier molecular flexibility index (Phi) is 12.5. The van der Waals surface area contributed by atoms with Crippen LogP contribution < -0.4 is 10.6 Å². The van der Waals surface area contributed by atoms with Crippen LogP contribution in [0.15, 0.2) is 10.4 Å². The Hall–Kier alpha value is -0.620. The molecule has 0 radical (unpaired) electrons. The fraction of sp³-hybridized carbons (Fsp3) is 0.765. The average molecular weight is 521 g/mol. The summed E-state index contributed by atoms with van der Waals surface area (Å²) in [5.74, 6) is 1.14. The van der Waals surface area contributed by atoms with Crippen molar-refractivity contribution in [1.82, 2.24) is 20.5 Å². The number of aliphatic imine (C=N–C) groups is 1. The maximum absolute atomic E-state index is 12.6. The number of guanidine groups is 1. The highest BCUT2D eigenvalue weighted by Crippen LogP contribution is 2.29. The number of nitrogens with zero attached hydrogens (tertiary/aromatic N) is 3. The van der Waals surface area contributed by atoms with Crippen LogP contribution in [-0.2, 0) is 12.7 Å². The quantitative estimate of drug-likeness (QED) is 0.291.